The van der Waals surface area contributed by atoms with Crippen LogP contribution >= 0.6 is 38.9 Å². The molecule has 4 heteroatoms. The van der Waals surface area contributed by atoms with Gasteiger partial charge in [0.15, 0.2) is 0 Å². The summed E-state index contributed by atoms with van der Waals surface area (Å²) in [5, 5.41) is 2.35. The number of halogens is 2. The Hall–Kier alpha value is -1.03. The standard InChI is InChI=1S/C15H10BrClOS/c16-15-12-4-2-1-3-10(12)5-7-13(15)18-9-11-6-8-14(17)19-11/h1-8H,9H2. The molecule has 0 amide bonds. The van der Waals surface area contributed by atoms with Gasteiger partial charge < -0.3 is 4.74 Å². The van der Waals surface area contributed by atoms with Crippen LogP contribution in [0.25, 0.3) is 10.8 Å². The molecular formula is C15H10BrClOS. The molecule has 2 aromatic carbocycles. The summed E-state index contributed by atoms with van der Waals surface area (Å²) < 4.78 is 7.63. The van der Waals surface area contributed by atoms with Gasteiger partial charge in [-0.1, -0.05) is 41.9 Å². The van der Waals surface area contributed by atoms with Crippen molar-refractivity contribution in [3.8, 4) is 5.75 Å². The van der Waals surface area contributed by atoms with E-state index in [1.54, 1.807) is 11.3 Å². The van der Waals surface area contributed by atoms with Crippen LogP contribution in [0.4, 0.5) is 0 Å². The molecule has 0 saturated carbocycles. The van der Waals surface area contributed by atoms with Crippen molar-refractivity contribution in [2.45, 2.75) is 6.61 Å². The number of thiophene rings is 1. The second kappa shape index (κ2) is 5.53. The molecule has 0 aliphatic heterocycles. The highest BCUT2D eigenvalue weighted by Crippen LogP contribution is 2.34. The minimum atomic E-state index is 0.536. The molecule has 0 saturated heterocycles. The lowest BCUT2D eigenvalue weighted by molar-refractivity contribution is 0.308. The molecule has 96 valence electrons. The fourth-order valence-corrected chi connectivity index (χ4v) is 3.51. The molecule has 0 aliphatic rings. The second-order valence-corrected chi connectivity index (χ2v) is 6.69. The quantitative estimate of drug-likeness (QED) is 0.570. The summed E-state index contributed by atoms with van der Waals surface area (Å²) in [6, 6.07) is 16.1. The smallest absolute Gasteiger partial charge is 0.134 e. The summed E-state index contributed by atoms with van der Waals surface area (Å²) in [5.74, 6) is 0.850. The molecule has 3 rings (SSSR count). The highest BCUT2D eigenvalue weighted by Gasteiger charge is 2.06. The highest BCUT2D eigenvalue weighted by molar-refractivity contribution is 9.10. The van der Waals surface area contributed by atoms with Crippen molar-refractivity contribution in [1.82, 2.24) is 0 Å². The summed E-state index contributed by atoms with van der Waals surface area (Å²) in [6.07, 6.45) is 0. The number of hydrogen-bond donors (Lipinski definition) is 0. The average molecular weight is 354 g/mol. The molecule has 0 N–H and O–H groups in total. The molecule has 3 aromatic rings. The topological polar surface area (TPSA) is 9.23 Å². The number of benzene rings is 2. The Kier molecular flexibility index (Phi) is 3.78. The maximum Gasteiger partial charge on any atom is 0.134 e. The highest BCUT2D eigenvalue weighted by atomic mass is 79.9. The van der Waals surface area contributed by atoms with E-state index in [1.165, 1.54) is 5.39 Å². The van der Waals surface area contributed by atoms with E-state index < -0.39 is 0 Å². The maximum atomic E-state index is 5.91. The van der Waals surface area contributed by atoms with Gasteiger partial charge in [0, 0.05) is 4.88 Å². The molecule has 0 atom stereocenters. The number of ether oxygens (including phenoxy) is 1. The molecule has 0 unspecified atom stereocenters. The van der Waals surface area contributed by atoms with Crippen LogP contribution in [0.1, 0.15) is 4.88 Å². The van der Waals surface area contributed by atoms with Crippen molar-refractivity contribution >= 4 is 49.6 Å². The van der Waals surface area contributed by atoms with E-state index in [0.717, 1.165) is 24.8 Å². The lowest BCUT2D eigenvalue weighted by Gasteiger charge is -2.09. The molecule has 0 radical (unpaired) electrons. The van der Waals surface area contributed by atoms with E-state index in [0.29, 0.717) is 6.61 Å². The molecular weight excluding hydrogens is 344 g/mol. The molecule has 1 aromatic heterocycles. The van der Waals surface area contributed by atoms with E-state index in [1.807, 2.05) is 30.3 Å². The fourth-order valence-electron chi connectivity index (χ4n) is 1.90. The molecule has 0 spiro atoms. The minimum absolute atomic E-state index is 0.536. The van der Waals surface area contributed by atoms with Gasteiger partial charge in [0.05, 0.1) is 8.81 Å². The zero-order chi connectivity index (χ0) is 13.2. The van der Waals surface area contributed by atoms with Crippen LogP contribution < -0.4 is 4.74 Å². The molecule has 0 fully saturated rings. The minimum Gasteiger partial charge on any atom is -0.487 e. The van der Waals surface area contributed by atoms with Crippen molar-refractivity contribution in [3.63, 3.8) is 0 Å². The fraction of sp³-hybridized carbons (Fsp3) is 0.0667. The Bertz CT molecular complexity index is 723. The Labute approximate surface area is 128 Å². The van der Waals surface area contributed by atoms with Crippen LogP contribution in [0, 0.1) is 0 Å². The van der Waals surface area contributed by atoms with Gasteiger partial charge in [0.25, 0.3) is 0 Å². The summed E-state index contributed by atoms with van der Waals surface area (Å²) in [7, 11) is 0. The van der Waals surface area contributed by atoms with Crippen LogP contribution in [0.5, 0.6) is 5.75 Å². The molecule has 1 heterocycles. The van der Waals surface area contributed by atoms with Gasteiger partial charge >= 0.3 is 0 Å². The van der Waals surface area contributed by atoms with Crippen molar-refractivity contribution < 1.29 is 4.74 Å². The van der Waals surface area contributed by atoms with Crippen molar-refractivity contribution in [3.05, 3.63) is 62.2 Å². The summed E-state index contributed by atoms with van der Waals surface area (Å²) in [4.78, 5) is 1.12. The zero-order valence-corrected chi connectivity index (χ0v) is 13.1. The first-order valence-electron chi connectivity index (χ1n) is 5.78. The van der Waals surface area contributed by atoms with Gasteiger partial charge in [0.2, 0.25) is 0 Å². The third-order valence-corrected chi connectivity index (χ3v) is 4.85. The molecule has 1 nitrogen and oxygen atoms in total. The third kappa shape index (κ3) is 2.78. The number of fused-ring (bicyclic) bond motifs is 1. The maximum absolute atomic E-state index is 5.91. The van der Waals surface area contributed by atoms with Gasteiger partial charge in [-0.3, -0.25) is 0 Å². The van der Waals surface area contributed by atoms with Crippen LogP contribution in [-0.4, -0.2) is 0 Å². The van der Waals surface area contributed by atoms with Gasteiger partial charge in [-0.15, -0.1) is 11.3 Å². The first-order chi connectivity index (χ1) is 9.24. The first kappa shape index (κ1) is 13.0. The Morgan fingerprint density at radius 2 is 1.89 bits per heavy atom. The Balaban J connectivity index is 1.87. The van der Waals surface area contributed by atoms with Crippen LogP contribution in [0.15, 0.2) is 53.0 Å². The van der Waals surface area contributed by atoms with E-state index in [9.17, 15) is 0 Å². The first-order valence-corrected chi connectivity index (χ1v) is 7.77. The van der Waals surface area contributed by atoms with Gasteiger partial charge in [-0.2, -0.15) is 0 Å². The zero-order valence-electron chi connectivity index (χ0n) is 9.90. The summed E-state index contributed by atoms with van der Waals surface area (Å²) >= 11 is 11.1. The van der Waals surface area contributed by atoms with Gasteiger partial charge in [0.1, 0.15) is 12.4 Å². The van der Waals surface area contributed by atoms with Gasteiger partial charge in [-0.05, 0) is 44.9 Å². The van der Waals surface area contributed by atoms with E-state index in [-0.39, 0.29) is 0 Å². The predicted octanol–water partition coefficient (Wildman–Crippen LogP) is 5.90. The third-order valence-electron chi connectivity index (χ3n) is 2.83. The largest absolute Gasteiger partial charge is 0.487 e. The van der Waals surface area contributed by atoms with E-state index >= 15 is 0 Å². The summed E-state index contributed by atoms with van der Waals surface area (Å²) in [6.45, 7) is 0.536. The SMILES string of the molecule is Clc1ccc(COc2ccc3ccccc3c2Br)s1. The van der Waals surface area contributed by atoms with Crippen LogP contribution in [0.3, 0.4) is 0 Å². The molecule has 19 heavy (non-hydrogen) atoms. The Morgan fingerprint density at radius 1 is 1.05 bits per heavy atom. The lowest BCUT2D eigenvalue weighted by atomic mass is 10.1. The molecule has 0 aliphatic carbocycles. The van der Waals surface area contributed by atoms with Crippen molar-refractivity contribution in [2.24, 2.45) is 0 Å². The van der Waals surface area contributed by atoms with Crippen molar-refractivity contribution in [1.29, 1.82) is 0 Å². The average Bonchev–Trinajstić information content (AvgIpc) is 2.84. The van der Waals surface area contributed by atoms with Crippen molar-refractivity contribution in [2.75, 3.05) is 0 Å². The summed E-state index contributed by atoms with van der Waals surface area (Å²) in [5.41, 5.74) is 0. The number of hydrogen-bond acceptors (Lipinski definition) is 2. The number of rotatable bonds is 3. The van der Waals surface area contributed by atoms with E-state index in [2.05, 4.69) is 34.1 Å². The lowest BCUT2D eigenvalue weighted by Crippen LogP contribution is -1.93. The van der Waals surface area contributed by atoms with Crippen LogP contribution in [-0.2, 0) is 6.61 Å². The second-order valence-electron chi connectivity index (χ2n) is 4.09. The van der Waals surface area contributed by atoms with Gasteiger partial charge in [-0.25, -0.2) is 0 Å². The normalized spacial score (nSPS) is 10.8. The van der Waals surface area contributed by atoms with E-state index in [4.69, 9.17) is 16.3 Å². The van der Waals surface area contributed by atoms with Crippen LogP contribution in [0.2, 0.25) is 4.34 Å². The molecule has 0 bridgehead atoms. The monoisotopic (exact) mass is 352 g/mol. The predicted molar refractivity (Wildman–Crippen MR) is 85.3 cm³/mol. The Morgan fingerprint density at radius 3 is 2.68 bits per heavy atom.